The molecular weight excluding hydrogens is 352 g/mol. The van der Waals surface area contributed by atoms with Crippen molar-refractivity contribution >= 4 is 27.7 Å². The molecule has 0 fully saturated rings. The number of amides is 2. The molecule has 0 aliphatic rings. The third-order valence-corrected chi connectivity index (χ3v) is 3.32. The van der Waals surface area contributed by atoms with Gasteiger partial charge in [-0.25, -0.2) is 5.48 Å². The summed E-state index contributed by atoms with van der Waals surface area (Å²) in [6.45, 7) is 7.18. The first-order valence-electron chi connectivity index (χ1n) is 6.82. The van der Waals surface area contributed by atoms with Crippen molar-refractivity contribution in [3.63, 3.8) is 0 Å². The van der Waals surface area contributed by atoms with Gasteiger partial charge in [0.25, 0.3) is 11.8 Å². The van der Waals surface area contributed by atoms with Crippen molar-refractivity contribution in [2.45, 2.75) is 45.4 Å². The smallest absolute Gasteiger partial charge is 0.268 e. The molecule has 22 heavy (non-hydrogen) atoms. The lowest BCUT2D eigenvalue weighted by Crippen LogP contribution is -2.53. The predicted octanol–water partition coefficient (Wildman–Crippen LogP) is 2.26. The zero-order valence-corrected chi connectivity index (χ0v) is 14.6. The maximum atomic E-state index is 12.2. The number of benzene rings is 1. The summed E-state index contributed by atoms with van der Waals surface area (Å²) in [4.78, 5) is 24.0. The van der Waals surface area contributed by atoms with E-state index in [1.807, 2.05) is 20.8 Å². The van der Waals surface area contributed by atoms with Gasteiger partial charge in [-0.1, -0.05) is 15.9 Å². The zero-order chi connectivity index (χ0) is 16.9. The van der Waals surface area contributed by atoms with E-state index in [4.69, 9.17) is 9.94 Å². The second-order valence-corrected chi connectivity index (χ2v) is 6.79. The molecule has 3 N–H and O–H groups in total. The van der Waals surface area contributed by atoms with Crippen LogP contribution in [0.15, 0.2) is 28.7 Å². The average molecular weight is 373 g/mol. The molecule has 2 atom stereocenters. The molecular formula is C15H21BrN2O4. The molecule has 1 rings (SSSR count). The Labute approximate surface area is 138 Å². The third kappa shape index (κ3) is 5.75. The molecule has 0 aromatic heterocycles. The average Bonchev–Trinajstić information content (AvgIpc) is 2.42. The lowest BCUT2D eigenvalue weighted by molar-refractivity contribution is -0.138. The Hall–Kier alpha value is -1.44. The highest BCUT2D eigenvalue weighted by Crippen LogP contribution is 2.14. The van der Waals surface area contributed by atoms with Crippen LogP contribution >= 0.6 is 15.9 Å². The molecule has 0 heterocycles. The predicted molar refractivity (Wildman–Crippen MR) is 85.6 cm³/mol. The van der Waals surface area contributed by atoms with E-state index in [0.29, 0.717) is 5.56 Å². The van der Waals surface area contributed by atoms with Gasteiger partial charge < -0.3 is 10.1 Å². The largest absolute Gasteiger partial charge is 0.370 e. The molecule has 0 radical (unpaired) electrons. The molecule has 7 heteroatoms. The van der Waals surface area contributed by atoms with Crippen LogP contribution in [0.3, 0.4) is 0 Å². The second-order valence-electron chi connectivity index (χ2n) is 5.87. The Morgan fingerprint density at radius 1 is 1.23 bits per heavy atom. The maximum absolute atomic E-state index is 12.2. The molecule has 6 nitrogen and oxygen atoms in total. The van der Waals surface area contributed by atoms with Crippen molar-refractivity contribution in [2.24, 2.45) is 0 Å². The molecule has 0 unspecified atom stereocenters. The summed E-state index contributed by atoms with van der Waals surface area (Å²) in [5.41, 5.74) is 1.47. The van der Waals surface area contributed by atoms with E-state index in [0.717, 1.165) is 4.47 Å². The highest BCUT2D eigenvalue weighted by atomic mass is 79.9. The summed E-state index contributed by atoms with van der Waals surface area (Å²) < 4.78 is 6.53. The number of nitrogens with one attached hydrogen (secondary N) is 2. The van der Waals surface area contributed by atoms with Crippen molar-refractivity contribution in [3.05, 3.63) is 34.3 Å². The molecule has 1 aromatic rings. The van der Waals surface area contributed by atoms with E-state index in [1.165, 1.54) is 0 Å². The van der Waals surface area contributed by atoms with Gasteiger partial charge in [-0.2, -0.15) is 0 Å². The van der Waals surface area contributed by atoms with Crippen LogP contribution in [0, 0.1) is 0 Å². The Morgan fingerprint density at radius 3 is 2.23 bits per heavy atom. The summed E-state index contributed by atoms with van der Waals surface area (Å²) in [7, 11) is 0. The Bertz CT molecular complexity index is 525. The monoisotopic (exact) mass is 372 g/mol. The topological polar surface area (TPSA) is 87.7 Å². The summed E-state index contributed by atoms with van der Waals surface area (Å²) in [5, 5.41) is 11.4. The van der Waals surface area contributed by atoms with Gasteiger partial charge >= 0.3 is 0 Å². The van der Waals surface area contributed by atoms with Gasteiger partial charge in [0.15, 0.2) is 0 Å². The van der Waals surface area contributed by atoms with Crippen LogP contribution in [0.2, 0.25) is 0 Å². The van der Waals surface area contributed by atoms with Gasteiger partial charge in [0.05, 0.1) is 11.7 Å². The maximum Gasteiger partial charge on any atom is 0.268 e. The van der Waals surface area contributed by atoms with Gasteiger partial charge in [-0.05, 0) is 52.0 Å². The molecule has 0 aliphatic heterocycles. The fourth-order valence-corrected chi connectivity index (χ4v) is 2.18. The van der Waals surface area contributed by atoms with Crippen LogP contribution in [0.5, 0.6) is 0 Å². The number of hydroxylamine groups is 1. The standard InChI is InChI=1S/C15H21BrN2O4/c1-9(22-15(2,3)4)12(14(20)18-21)17-13(19)10-5-7-11(16)8-6-10/h5-9,12,21H,1-4H3,(H,17,19)(H,18,20)/t9-,12+/m1/s1. The SMILES string of the molecule is C[C@@H](OC(C)(C)C)[C@H](NC(=O)c1ccc(Br)cc1)C(=O)NO. The third-order valence-electron chi connectivity index (χ3n) is 2.79. The van der Waals surface area contributed by atoms with Gasteiger partial charge in [0.1, 0.15) is 6.04 Å². The Morgan fingerprint density at radius 2 is 1.77 bits per heavy atom. The van der Waals surface area contributed by atoms with Crippen LogP contribution < -0.4 is 10.8 Å². The van der Waals surface area contributed by atoms with Gasteiger partial charge in [0, 0.05) is 10.0 Å². The van der Waals surface area contributed by atoms with Crippen molar-refractivity contribution in [1.82, 2.24) is 10.8 Å². The number of ether oxygens (including phenoxy) is 1. The van der Waals surface area contributed by atoms with Crippen molar-refractivity contribution in [1.29, 1.82) is 0 Å². The quantitative estimate of drug-likeness (QED) is 0.546. The molecule has 0 spiro atoms. The summed E-state index contributed by atoms with van der Waals surface area (Å²) in [5.74, 6) is -1.16. The minimum atomic E-state index is -1.01. The first-order chi connectivity index (χ1) is 10.1. The second kappa shape index (κ2) is 7.71. The molecule has 1 aromatic carbocycles. The normalized spacial score (nSPS) is 14.1. The van der Waals surface area contributed by atoms with Crippen molar-refractivity contribution < 1.29 is 19.5 Å². The van der Waals surface area contributed by atoms with E-state index in [9.17, 15) is 9.59 Å². The van der Waals surface area contributed by atoms with Gasteiger partial charge in [-0.3, -0.25) is 14.8 Å². The number of halogens is 1. The highest BCUT2D eigenvalue weighted by Gasteiger charge is 2.30. The van der Waals surface area contributed by atoms with E-state index in [1.54, 1.807) is 36.7 Å². The van der Waals surface area contributed by atoms with Crippen LogP contribution in [0.4, 0.5) is 0 Å². The fraction of sp³-hybridized carbons (Fsp3) is 0.467. The Balaban J connectivity index is 2.87. The molecule has 122 valence electrons. The van der Waals surface area contributed by atoms with Crippen LogP contribution in [0.1, 0.15) is 38.1 Å². The minimum absolute atomic E-state index is 0.405. The molecule has 2 amide bonds. The molecule has 0 saturated carbocycles. The first kappa shape index (κ1) is 18.6. The number of hydrogen-bond acceptors (Lipinski definition) is 4. The first-order valence-corrected chi connectivity index (χ1v) is 7.61. The van der Waals surface area contributed by atoms with Gasteiger partial charge in [-0.15, -0.1) is 0 Å². The highest BCUT2D eigenvalue weighted by molar-refractivity contribution is 9.10. The van der Waals surface area contributed by atoms with Crippen LogP contribution in [-0.4, -0.2) is 34.8 Å². The zero-order valence-electron chi connectivity index (χ0n) is 13.0. The van der Waals surface area contributed by atoms with Crippen molar-refractivity contribution in [2.75, 3.05) is 0 Å². The van der Waals surface area contributed by atoms with E-state index in [-0.39, 0.29) is 0 Å². The fourth-order valence-electron chi connectivity index (χ4n) is 1.92. The molecule has 0 aliphatic carbocycles. The van der Waals surface area contributed by atoms with E-state index >= 15 is 0 Å². The van der Waals surface area contributed by atoms with E-state index < -0.39 is 29.6 Å². The molecule has 0 saturated heterocycles. The number of carbonyl (C=O) groups is 2. The summed E-state index contributed by atoms with van der Waals surface area (Å²) in [6.07, 6.45) is -0.619. The number of rotatable bonds is 5. The van der Waals surface area contributed by atoms with E-state index in [2.05, 4.69) is 21.2 Å². The minimum Gasteiger partial charge on any atom is -0.370 e. The van der Waals surface area contributed by atoms with Crippen LogP contribution in [-0.2, 0) is 9.53 Å². The van der Waals surface area contributed by atoms with Gasteiger partial charge in [0.2, 0.25) is 0 Å². The Kier molecular flexibility index (Phi) is 6.52. The number of carbonyl (C=O) groups excluding carboxylic acids is 2. The molecule has 0 bridgehead atoms. The summed E-state index contributed by atoms with van der Waals surface area (Å²) >= 11 is 3.29. The van der Waals surface area contributed by atoms with Crippen molar-refractivity contribution in [3.8, 4) is 0 Å². The summed E-state index contributed by atoms with van der Waals surface area (Å²) in [6, 6.07) is 5.70. The lowest BCUT2D eigenvalue weighted by Gasteiger charge is -2.30. The lowest BCUT2D eigenvalue weighted by atomic mass is 10.1. The van der Waals surface area contributed by atoms with Crippen LogP contribution in [0.25, 0.3) is 0 Å². The number of hydrogen-bond donors (Lipinski definition) is 3.